The molecule has 0 radical (unpaired) electrons. The summed E-state index contributed by atoms with van der Waals surface area (Å²) < 4.78 is 5.92. The fourth-order valence-corrected chi connectivity index (χ4v) is 3.68. The Morgan fingerprint density at radius 1 is 1.08 bits per heavy atom. The molecule has 2 atom stereocenters. The zero-order valence-electron chi connectivity index (χ0n) is 13.2. The predicted octanol–water partition coefficient (Wildman–Crippen LogP) is 2.50. The SMILES string of the molecule is O=C(C1C[C@@H](O)[C@H](O)C1)N1CCC(Oc2ccc(Cl)c(Cl)c2)CC1. The van der Waals surface area contributed by atoms with Crippen LogP contribution in [0.1, 0.15) is 25.7 Å². The van der Waals surface area contributed by atoms with Crippen LogP contribution in [-0.4, -0.2) is 52.4 Å². The number of benzene rings is 1. The quantitative estimate of drug-likeness (QED) is 0.853. The largest absolute Gasteiger partial charge is 0.490 e. The van der Waals surface area contributed by atoms with Crippen molar-refractivity contribution in [3.05, 3.63) is 28.2 Å². The zero-order valence-corrected chi connectivity index (χ0v) is 14.7. The number of halogens is 2. The maximum Gasteiger partial charge on any atom is 0.225 e. The minimum Gasteiger partial charge on any atom is -0.490 e. The third-order valence-electron chi connectivity index (χ3n) is 4.79. The Bertz CT molecular complexity index is 594. The van der Waals surface area contributed by atoms with Gasteiger partial charge in [0.1, 0.15) is 11.9 Å². The van der Waals surface area contributed by atoms with Crippen LogP contribution in [0.4, 0.5) is 0 Å². The maximum atomic E-state index is 12.5. The molecule has 1 saturated heterocycles. The van der Waals surface area contributed by atoms with E-state index in [1.54, 1.807) is 18.2 Å². The van der Waals surface area contributed by atoms with Crippen molar-refractivity contribution < 1.29 is 19.7 Å². The topological polar surface area (TPSA) is 70.0 Å². The molecule has 132 valence electrons. The van der Waals surface area contributed by atoms with Crippen molar-refractivity contribution in [2.24, 2.45) is 5.92 Å². The Hall–Kier alpha value is -1.01. The third kappa shape index (κ3) is 3.97. The number of ether oxygens (including phenoxy) is 1. The highest BCUT2D eigenvalue weighted by atomic mass is 35.5. The van der Waals surface area contributed by atoms with Crippen molar-refractivity contribution in [1.29, 1.82) is 0 Å². The summed E-state index contributed by atoms with van der Waals surface area (Å²) in [7, 11) is 0. The lowest BCUT2D eigenvalue weighted by molar-refractivity contribution is -0.137. The highest BCUT2D eigenvalue weighted by molar-refractivity contribution is 6.42. The molecule has 5 nitrogen and oxygen atoms in total. The Labute approximate surface area is 151 Å². The molecule has 24 heavy (non-hydrogen) atoms. The monoisotopic (exact) mass is 373 g/mol. The van der Waals surface area contributed by atoms with Crippen LogP contribution in [0.2, 0.25) is 10.0 Å². The molecule has 0 unspecified atom stereocenters. The molecule has 1 amide bonds. The van der Waals surface area contributed by atoms with E-state index in [1.165, 1.54) is 0 Å². The molecular formula is C17H21Cl2NO4. The van der Waals surface area contributed by atoms with Gasteiger partial charge in [0.2, 0.25) is 5.91 Å². The van der Waals surface area contributed by atoms with Gasteiger partial charge >= 0.3 is 0 Å². The van der Waals surface area contributed by atoms with Gasteiger partial charge in [-0.25, -0.2) is 0 Å². The van der Waals surface area contributed by atoms with E-state index >= 15 is 0 Å². The number of aliphatic hydroxyl groups is 2. The number of aliphatic hydroxyl groups excluding tert-OH is 2. The van der Waals surface area contributed by atoms with Crippen molar-refractivity contribution >= 4 is 29.1 Å². The van der Waals surface area contributed by atoms with Crippen LogP contribution in [0.15, 0.2) is 18.2 Å². The second kappa shape index (κ2) is 7.48. The van der Waals surface area contributed by atoms with E-state index in [-0.39, 0.29) is 17.9 Å². The van der Waals surface area contributed by atoms with Gasteiger partial charge in [-0.15, -0.1) is 0 Å². The molecule has 1 aromatic carbocycles. The molecule has 1 aliphatic carbocycles. The van der Waals surface area contributed by atoms with Crippen LogP contribution in [0.5, 0.6) is 5.75 Å². The summed E-state index contributed by atoms with van der Waals surface area (Å²) in [6, 6.07) is 5.18. The first-order chi connectivity index (χ1) is 11.4. The summed E-state index contributed by atoms with van der Waals surface area (Å²) in [6.07, 6.45) is 0.641. The first-order valence-corrected chi connectivity index (χ1v) is 8.96. The molecule has 0 bridgehead atoms. The number of likely N-dealkylation sites (tertiary alicyclic amines) is 1. The fraction of sp³-hybridized carbons (Fsp3) is 0.588. The van der Waals surface area contributed by atoms with Gasteiger partial charge in [0.15, 0.2) is 0 Å². The van der Waals surface area contributed by atoms with E-state index in [0.29, 0.717) is 41.7 Å². The van der Waals surface area contributed by atoms with E-state index in [9.17, 15) is 15.0 Å². The van der Waals surface area contributed by atoms with Gasteiger partial charge in [-0.3, -0.25) is 4.79 Å². The number of amides is 1. The highest BCUT2D eigenvalue weighted by Gasteiger charge is 2.38. The fourth-order valence-electron chi connectivity index (χ4n) is 3.39. The van der Waals surface area contributed by atoms with E-state index < -0.39 is 12.2 Å². The van der Waals surface area contributed by atoms with Crippen LogP contribution < -0.4 is 4.74 Å². The lowest BCUT2D eigenvalue weighted by Gasteiger charge is -2.33. The molecule has 7 heteroatoms. The minimum absolute atomic E-state index is 0.0265. The Morgan fingerprint density at radius 2 is 1.71 bits per heavy atom. The van der Waals surface area contributed by atoms with Crippen LogP contribution >= 0.6 is 23.2 Å². The summed E-state index contributed by atoms with van der Waals surface area (Å²) in [6.45, 7) is 1.24. The molecule has 2 N–H and O–H groups in total. The smallest absolute Gasteiger partial charge is 0.225 e. The summed E-state index contributed by atoms with van der Waals surface area (Å²) in [4.78, 5) is 14.3. The van der Waals surface area contributed by atoms with Crippen LogP contribution in [0, 0.1) is 5.92 Å². The standard InChI is InChI=1S/C17H21Cl2NO4/c18-13-2-1-12(9-14(13)19)24-11-3-5-20(6-4-11)17(23)10-7-15(21)16(22)8-10/h1-2,9-11,15-16,21-22H,3-8H2/t15-,16-/m1/s1. The van der Waals surface area contributed by atoms with E-state index in [0.717, 1.165) is 12.8 Å². The van der Waals surface area contributed by atoms with E-state index in [1.807, 2.05) is 4.90 Å². The van der Waals surface area contributed by atoms with Crippen LogP contribution in [0.25, 0.3) is 0 Å². The third-order valence-corrected chi connectivity index (χ3v) is 5.53. The number of nitrogens with zero attached hydrogens (tertiary/aromatic N) is 1. The maximum absolute atomic E-state index is 12.5. The zero-order chi connectivity index (χ0) is 17.3. The molecule has 1 saturated carbocycles. The second-order valence-corrected chi connectivity index (χ2v) is 7.34. The average Bonchev–Trinajstić information content (AvgIpc) is 2.90. The number of carbonyl (C=O) groups is 1. The number of carbonyl (C=O) groups excluding carboxylic acids is 1. The van der Waals surface area contributed by atoms with Gasteiger partial charge in [-0.2, -0.15) is 0 Å². The van der Waals surface area contributed by atoms with Gasteiger partial charge in [-0.1, -0.05) is 23.2 Å². The van der Waals surface area contributed by atoms with Crippen LogP contribution in [0.3, 0.4) is 0 Å². The van der Waals surface area contributed by atoms with Gasteiger partial charge in [-0.05, 0) is 25.0 Å². The number of piperidine rings is 1. The first kappa shape index (κ1) is 17.8. The molecule has 3 rings (SSSR count). The highest BCUT2D eigenvalue weighted by Crippen LogP contribution is 2.30. The lowest BCUT2D eigenvalue weighted by atomic mass is 10.0. The summed E-state index contributed by atoms with van der Waals surface area (Å²) >= 11 is 11.9. The Morgan fingerprint density at radius 3 is 2.29 bits per heavy atom. The normalized spacial score (nSPS) is 25.9. The van der Waals surface area contributed by atoms with E-state index in [2.05, 4.69) is 0 Å². The van der Waals surface area contributed by atoms with Gasteiger partial charge in [0.25, 0.3) is 0 Å². The summed E-state index contributed by atoms with van der Waals surface area (Å²) in [5.74, 6) is 0.428. The Balaban J connectivity index is 1.50. The number of rotatable bonds is 3. The average molecular weight is 374 g/mol. The second-order valence-electron chi connectivity index (χ2n) is 6.52. The molecule has 0 aromatic heterocycles. The van der Waals surface area contributed by atoms with Gasteiger partial charge < -0.3 is 19.8 Å². The van der Waals surface area contributed by atoms with Crippen molar-refractivity contribution in [3.8, 4) is 5.75 Å². The summed E-state index contributed by atoms with van der Waals surface area (Å²) in [5, 5.41) is 20.2. The molecular weight excluding hydrogens is 353 g/mol. The Kier molecular flexibility index (Phi) is 5.55. The van der Waals surface area contributed by atoms with Crippen LogP contribution in [-0.2, 0) is 4.79 Å². The van der Waals surface area contributed by atoms with Gasteiger partial charge in [0, 0.05) is 37.9 Å². The minimum atomic E-state index is -0.783. The lowest BCUT2D eigenvalue weighted by Crippen LogP contribution is -2.44. The first-order valence-electron chi connectivity index (χ1n) is 8.20. The van der Waals surface area contributed by atoms with Crippen molar-refractivity contribution in [2.45, 2.75) is 44.0 Å². The van der Waals surface area contributed by atoms with Crippen molar-refractivity contribution in [3.63, 3.8) is 0 Å². The number of hydrogen-bond acceptors (Lipinski definition) is 4. The molecule has 1 heterocycles. The van der Waals surface area contributed by atoms with E-state index in [4.69, 9.17) is 27.9 Å². The summed E-state index contributed by atoms with van der Waals surface area (Å²) in [5.41, 5.74) is 0. The molecule has 2 fully saturated rings. The molecule has 1 aromatic rings. The van der Waals surface area contributed by atoms with Crippen molar-refractivity contribution in [1.82, 2.24) is 4.90 Å². The molecule has 1 aliphatic heterocycles. The molecule has 0 spiro atoms. The molecule has 2 aliphatic rings. The van der Waals surface area contributed by atoms with Crippen molar-refractivity contribution in [2.75, 3.05) is 13.1 Å². The number of hydrogen-bond donors (Lipinski definition) is 2. The van der Waals surface area contributed by atoms with Gasteiger partial charge in [0.05, 0.1) is 22.3 Å². The predicted molar refractivity (Wildman–Crippen MR) is 91.4 cm³/mol.